The second-order valence-corrected chi connectivity index (χ2v) is 11.5. The highest BCUT2D eigenvalue weighted by molar-refractivity contribution is 6.20. The topological polar surface area (TPSA) is 12.9 Å². The summed E-state index contributed by atoms with van der Waals surface area (Å²) >= 11 is 0. The number of pyridine rings is 1. The molecule has 9 rings (SSSR count). The van der Waals surface area contributed by atoms with E-state index in [2.05, 4.69) is 152 Å². The number of nitrogens with zero attached hydrogens (tertiary/aromatic N) is 1. The molecule has 1 heterocycles. The number of fused-ring (bicyclic) bond motifs is 8. The summed E-state index contributed by atoms with van der Waals surface area (Å²) < 4.78 is 0. The van der Waals surface area contributed by atoms with Crippen LogP contribution in [0.2, 0.25) is 0 Å². The summed E-state index contributed by atoms with van der Waals surface area (Å²) in [4.78, 5) is 4.95. The maximum atomic E-state index is 4.95. The number of hydrogen-bond acceptors (Lipinski definition) is 1. The van der Waals surface area contributed by atoms with Crippen LogP contribution >= 0.6 is 0 Å². The third-order valence-electron chi connectivity index (χ3n) is 9.38. The van der Waals surface area contributed by atoms with Gasteiger partial charge in [0.25, 0.3) is 0 Å². The highest BCUT2D eigenvalue weighted by Crippen LogP contribution is 2.56. The molecular weight excluding hydrogens is 518 g/mol. The molecule has 0 unspecified atom stereocenters. The Labute approximate surface area is 250 Å². The predicted octanol–water partition coefficient (Wildman–Crippen LogP) is 10.6. The smallest absolute Gasteiger partial charge is 0.0786 e. The molecule has 0 radical (unpaired) electrons. The van der Waals surface area contributed by atoms with Gasteiger partial charge in [-0.05, 0) is 78.7 Å². The van der Waals surface area contributed by atoms with Crippen LogP contribution in [0.4, 0.5) is 0 Å². The molecule has 0 spiro atoms. The molecule has 0 saturated carbocycles. The van der Waals surface area contributed by atoms with E-state index < -0.39 is 5.41 Å². The molecule has 0 aliphatic heterocycles. The lowest BCUT2D eigenvalue weighted by Crippen LogP contribution is -2.28. The molecule has 0 bridgehead atoms. The Bertz CT molecular complexity index is 2290. The van der Waals surface area contributed by atoms with Crippen molar-refractivity contribution in [3.8, 4) is 22.3 Å². The average molecular weight is 546 g/mol. The Morgan fingerprint density at radius 2 is 1.07 bits per heavy atom. The van der Waals surface area contributed by atoms with Gasteiger partial charge < -0.3 is 0 Å². The molecule has 43 heavy (non-hydrogen) atoms. The third kappa shape index (κ3) is 3.37. The molecule has 1 aliphatic carbocycles. The van der Waals surface area contributed by atoms with Crippen LogP contribution in [-0.4, -0.2) is 4.98 Å². The van der Waals surface area contributed by atoms with Gasteiger partial charge in [-0.25, -0.2) is 0 Å². The minimum absolute atomic E-state index is 0.396. The largest absolute Gasteiger partial charge is 0.256 e. The first-order valence-corrected chi connectivity index (χ1v) is 14.9. The first kappa shape index (κ1) is 24.1. The Morgan fingerprint density at radius 3 is 1.88 bits per heavy atom. The Kier molecular flexibility index (Phi) is 5.18. The van der Waals surface area contributed by atoms with Gasteiger partial charge in [0.2, 0.25) is 0 Å². The maximum Gasteiger partial charge on any atom is 0.0786 e. The van der Waals surface area contributed by atoms with E-state index in [-0.39, 0.29) is 0 Å². The summed E-state index contributed by atoms with van der Waals surface area (Å²) in [5.41, 5.74) is 10.8. The quantitative estimate of drug-likeness (QED) is 0.201. The molecule has 0 N–H and O–H groups in total. The highest BCUT2D eigenvalue weighted by atomic mass is 14.7. The van der Waals surface area contributed by atoms with Gasteiger partial charge in [0.05, 0.1) is 10.9 Å². The molecule has 1 nitrogen and oxygen atoms in total. The molecule has 1 heteroatoms. The standard InChI is InChI=1S/C42H27N/c1-3-13-30(14-4-1)42(31-15-5-2-6-16-31)39-20-10-9-18-34(39)38-26-29(22-24-40(38)42)36-27-37-32-17-8-7-12-28(32)21-23-33(37)35-19-11-25-43-41(35)36/h1-27H. The number of hydrogen-bond donors (Lipinski definition) is 0. The van der Waals surface area contributed by atoms with Gasteiger partial charge in [-0.15, -0.1) is 0 Å². The van der Waals surface area contributed by atoms with Gasteiger partial charge >= 0.3 is 0 Å². The summed E-state index contributed by atoms with van der Waals surface area (Å²) in [6, 6.07) is 57.7. The zero-order valence-corrected chi connectivity index (χ0v) is 23.5. The van der Waals surface area contributed by atoms with Crippen LogP contribution in [0.5, 0.6) is 0 Å². The lowest BCUT2D eigenvalue weighted by Gasteiger charge is -2.33. The van der Waals surface area contributed by atoms with Gasteiger partial charge in [-0.3, -0.25) is 4.98 Å². The number of benzene rings is 7. The summed E-state index contributed by atoms with van der Waals surface area (Å²) in [5, 5.41) is 6.21. The van der Waals surface area contributed by atoms with E-state index in [1.807, 2.05) is 12.3 Å². The Morgan fingerprint density at radius 1 is 0.395 bits per heavy atom. The van der Waals surface area contributed by atoms with Gasteiger partial charge in [-0.1, -0.05) is 140 Å². The minimum Gasteiger partial charge on any atom is -0.256 e. The van der Waals surface area contributed by atoms with Crippen LogP contribution in [0.25, 0.3) is 54.7 Å². The molecule has 200 valence electrons. The van der Waals surface area contributed by atoms with Crippen molar-refractivity contribution in [3.63, 3.8) is 0 Å². The molecule has 0 fully saturated rings. The molecule has 8 aromatic rings. The van der Waals surface area contributed by atoms with Gasteiger partial charge in [0.15, 0.2) is 0 Å². The normalized spacial score (nSPS) is 13.3. The fourth-order valence-electron chi connectivity index (χ4n) is 7.57. The van der Waals surface area contributed by atoms with Crippen molar-refractivity contribution >= 4 is 32.4 Å². The molecule has 1 aliphatic rings. The lowest BCUT2D eigenvalue weighted by molar-refractivity contribution is 0.768. The van der Waals surface area contributed by atoms with Crippen LogP contribution in [0.1, 0.15) is 22.3 Å². The van der Waals surface area contributed by atoms with E-state index in [9.17, 15) is 0 Å². The van der Waals surface area contributed by atoms with Crippen molar-refractivity contribution in [1.29, 1.82) is 0 Å². The summed E-state index contributed by atoms with van der Waals surface area (Å²) in [5.74, 6) is 0. The van der Waals surface area contributed by atoms with Crippen LogP contribution in [0.15, 0.2) is 164 Å². The monoisotopic (exact) mass is 545 g/mol. The van der Waals surface area contributed by atoms with E-state index in [1.54, 1.807) is 0 Å². The van der Waals surface area contributed by atoms with Gasteiger partial charge in [0.1, 0.15) is 0 Å². The van der Waals surface area contributed by atoms with E-state index >= 15 is 0 Å². The zero-order chi connectivity index (χ0) is 28.4. The molecule has 0 saturated heterocycles. The molecule has 1 aromatic heterocycles. The zero-order valence-electron chi connectivity index (χ0n) is 23.5. The summed E-state index contributed by atoms with van der Waals surface area (Å²) in [6.07, 6.45) is 1.91. The third-order valence-corrected chi connectivity index (χ3v) is 9.38. The average Bonchev–Trinajstić information content (AvgIpc) is 3.39. The highest BCUT2D eigenvalue weighted by Gasteiger charge is 2.45. The SMILES string of the molecule is c1ccc(C2(c3ccccc3)c3ccccc3-c3cc(-c4cc5c6ccccc6ccc5c5cccnc45)ccc32)cc1. The van der Waals surface area contributed by atoms with Gasteiger partial charge in [-0.2, -0.15) is 0 Å². The minimum atomic E-state index is -0.396. The van der Waals surface area contributed by atoms with Gasteiger partial charge in [0, 0.05) is 17.1 Å². The van der Waals surface area contributed by atoms with E-state index in [1.165, 1.54) is 65.9 Å². The number of rotatable bonds is 3. The van der Waals surface area contributed by atoms with Crippen molar-refractivity contribution in [1.82, 2.24) is 4.98 Å². The van der Waals surface area contributed by atoms with Crippen LogP contribution in [0.3, 0.4) is 0 Å². The van der Waals surface area contributed by atoms with Crippen molar-refractivity contribution in [2.75, 3.05) is 0 Å². The molecular formula is C42H27N. The lowest BCUT2D eigenvalue weighted by atomic mass is 9.67. The Hall–Kier alpha value is -5.53. The molecule has 7 aromatic carbocycles. The predicted molar refractivity (Wildman–Crippen MR) is 179 cm³/mol. The molecule has 0 atom stereocenters. The van der Waals surface area contributed by atoms with Crippen molar-refractivity contribution < 1.29 is 0 Å². The first-order chi connectivity index (χ1) is 21.3. The fourth-order valence-corrected chi connectivity index (χ4v) is 7.57. The second-order valence-electron chi connectivity index (χ2n) is 11.5. The first-order valence-electron chi connectivity index (χ1n) is 14.9. The summed E-state index contributed by atoms with van der Waals surface area (Å²) in [7, 11) is 0. The van der Waals surface area contributed by atoms with E-state index in [0.717, 1.165) is 11.1 Å². The number of aromatic nitrogens is 1. The van der Waals surface area contributed by atoms with E-state index in [4.69, 9.17) is 4.98 Å². The Balaban J connectivity index is 1.37. The second kappa shape index (κ2) is 9.24. The van der Waals surface area contributed by atoms with Crippen LogP contribution < -0.4 is 0 Å². The molecule has 0 amide bonds. The van der Waals surface area contributed by atoms with Crippen molar-refractivity contribution in [2.24, 2.45) is 0 Å². The maximum absolute atomic E-state index is 4.95. The van der Waals surface area contributed by atoms with Crippen LogP contribution in [0, 0.1) is 0 Å². The van der Waals surface area contributed by atoms with Crippen LogP contribution in [-0.2, 0) is 5.41 Å². The summed E-state index contributed by atoms with van der Waals surface area (Å²) in [6.45, 7) is 0. The van der Waals surface area contributed by atoms with E-state index in [0.29, 0.717) is 0 Å². The fraction of sp³-hybridized carbons (Fsp3) is 0.0238. The van der Waals surface area contributed by atoms with Crippen molar-refractivity contribution in [3.05, 3.63) is 186 Å². The van der Waals surface area contributed by atoms with Crippen molar-refractivity contribution in [2.45, 2.75) is 5.41 Å².